The average molecular weight is 569 g/mol. The molecule has 1 N–H and O–H groups in total. The molecule has 0 aliphatic heterocycles. The van der Waals surface area contributed by atoms with Crippen molar-refractivity contribution < 1.29 is 13.7 Å². The molecular weight excluding hydrogens is 536 g/mol. The van der Waals surface area contributed by atoms with Gasteiger partial charge in [-0.2, -0.15) is 15.3 Å². The first-order valence-electron chi connectivity index (χ1n) is 13.3. The van der Waals surface area contributed by atoms with Gasteiger partial charge in [-0.05, 0) is 88.2 Å². The Morgan fingerprint density at radius 1 is 1.07 bits per heavy atom. The first kappa shape index (κ1) is 28.1. The first-order valence-corrected chi connectivity index (χ1v) is 14.5. The molecule has 2 atom stereocenters. The van der Waals surface area contributed by atoms with Gasteiger partial charge in [0.15, 0.2) is 0 Å². The summed E-state index contributed by atoms with van der Waals surface area (Å²) in [5, 5.41) is 15.7. The second kappa shape index (κ2) is 11.6. The van der Waals surface area contributed by atoms with E-state index in [0.29, 0.717) is 27.8 Å². The quantitative estimate of drug-likeness (QED) is 0.240. The van der Waals surface area contributed by atoms with Crippen LogP contribution >= 0.6 is 0 Å². The highest BCUT2D eigenvalue weighted by atomic mass is 32.2. The molecule has 3 aromatic heterocycles. The van der Waals surface area contributed by atoms with Crippen LogP contribution in [0, 0.1) is 6.92 Å². The second-order valence-corrected chi connectivity index (χ2v) is 12.6. The summed E-state index contributed by atoms with van der Waals surface area (Å²) in [5.41, 5.74) is 3.65. The van der Waals surface area contributed by atoms with Gasteiger partial charge in [0.1, 0.15) is 11.5 Å². The third kappa shape index (κ3) is 6.49. The number of pyridine rings is 1. The Morgan fingerprint density at radius 2 is 1.90 bits per heavy atom. The molecule has 2 aromatic carbocycles. The van der Waals surface area contributed by atoms with Crippen LogP contribution < -0.4 is 10.1 Å². The monoisotopic (exact) mass is 568 g/mol. The van der Waals surface area contributed by atoms with Gasteiger partial charge < -0.3 is 10.1 Å². The molecule has 10 heteroatoms. The maximum absolute atomic E-state index is 13.3. The minimum atomic E-state index is -1.35. The predicted molar refractivity (Wildman–Crippen MR) is 159 cm³/mol. The number of ether oxygens (including phenoxy) is 1. The molecular formula is C31H32N6O3S. The summed E-state index contributed by atoms with van der Waals surface area (Å²) in [4.78, 5) is 17.8. The highest BCUT2D eigenvalue weighted by molar-refractivity contribution is 7.85. The van der Waals surface area contributed by atoms with Gasteiger partial charge >= 0.3 is 0 Å². The van der Waals surface area contributed by atoms with Gasteiger partial charge in [0.05, 0.1) is 51.1 Å². The molecule has 210 valence electrons. The van der Waals surface area contributed by atoms with E-state index in [4.69, 9.17) is 4.74 Å². The fraction of sp³-hybridized carbons (Fsp3) is 0.258. The van der Waals surface area contributed by atoms with E-state index in [1.165, 1.54) is 0 Å². The highest BCUT2D eigenvalue weighted by Crippen LogP contribution is 2.33. The van der Waals surface area contributed by atoms with Crippen molar-refractivity contribution in [3.8, 4) is 11.5 Å². The number of hydrogen-bond acceptors (Lipinski definition) is 7. The van der Waals surface area contributed by atoms with Crippen LogP contribution in [0.4, 0.5) is 5.69 Å². The lowest BCUT2D eigenvalue weighted by molar-refractivity contribution is -0.115. The Kier molecular flexibility index (Phi) is 7.94. The van der Waals surface area contributed by atoms with Crippen LogP contribution in [0.25, 0.3) is 10.9 Å². The van der Waals surface area contributed by atoms with Crippen molar-refractivity contribution in [1.29, 1.82) is 0 Å². The number of amides is 1. The Balaban J connectivity index is 1.31. The van der Waals surface area contributed by atoms with Crippen LogP contribution in [0.15, 0.2) is 84.3 Å². The van der Waals surface area contributed by atoms with Crippen molar-refractivity contribution in [2.75, 3.05) is 5.32 Å². The van der Waals surface area contributed by atoms with Crippen LogP contribution in [0.2, 0.25) is 0 Å². The molecule has 0 fully saturated rings. The predicted octanol–water partition coefficient (Wildman–Crippen LogP) is 6.13. The number of nitrogens with zero attached hydrogens (tertiary/aromatic N) is 5. The zero-order chi connectivity index (χ0) is 29.1. The van der Waals surface area contributed by atoms with Gasteiger partial charge in [0.2, 0.25) is 5.91 Å². The summed E-state index contributed by atoms with van der Waals surface area (Å²) >= 11 is 0. The van der Waals surface area contributed by atoms with E-state index in [9.17, 15) is 9.00 Å². The molecule has 3 heterocycles. The zero-order valence-electron chi connectivity index (χ0n) is 23.7. The topological polar surface area (TPSA) is 112 Å². The fourth-order valence-corrected chi connectivity index (χ4v) is 5.55. The zero-order valence-corrected chi connectivity index (χ0v) is 24.5. The number of nitrogens with one attached hydrogen (secondary N) is 1. The number of anilines is 1. The minimum absolute atomic E-state index is 0.122. The minimum Gasteiger partial charge on any atom is -0.456 e. The standard InChI is InChI=1S/C31H32N6O3S/c1-20-15-22(16-30(38)35-23-18-34-37(19-23)31(3,4)5)8-11-28(20)40-29-12-14-32-27-10-9-24(17-25(27)29)41(39)21(2)26-7-6-13-33-36-26/h6-15,17-19,21H,16H2,1-5H3,(H,35,38). The maximum Gasteiger partial charge on any atom is 0.228 e. The summed E-state index contributed by atoms with van der Waals surface area (Å²) < 4.78 is 21.5. The molecule has 5 aromatic rings. The van der Waals surface area contributed by atoms with Crippen molar-refractivity contribution in [3.05, 3.63) is 96.2 Å². The molecule has 2 unspecified atom stereocenters. The van der Waals surface area contributed by atoms with E-state index in [1.54, 1.807) is 30.7 Å². The number of benzene rings is 2. The third-order valence-corrected chi connectivity index (χ3v) is 8.22. The Bertz CT molecular complexity index is 1730. The summed E-state index contributed by atoms with van der Waals surface area (Å²) in [6, 6.07) is 16.6. The molecule has 0 saturated heterocycles. The van der Waals surface area contributed by atoms with E-state index in [-0.39, 0.29) is 23.1 Å². The van der Waals surface area contributed by atoms with Crippen LogP contribution in [-0.2, 0) is 27.6 Å². The summed E-state index contributed by atoms with van der Waals surface area (Å²) in [6.45, 7) is 9.96. The van der Waals surface area contributed by atoms with Gasteiger partial charge in [0, 0.05) is 28.9 Å². The van der Waals surface area contributed by atoms with Gasteiger partial charge in [-0.1, -0.05) is 12.1 Å². The highest BCUT2D eigenvalue weighted by Gasteiger charge is 2.19. The van der Waals surface area contributed by atoms with Crippen molar-refractivity contribution in [1.82, 2.24) is 25.0 Å². The molecule has 9 nitrogen and oxygen atoms in total. The lowest BCUT2D eigenvalue weighted by Crippen LogP contribution is -2.22. The molecule has 41 heavy (non-hydrogen) atoms. The second-order valence-electron chi connectivity index (χ2n) is 10.8. The van der Waals surface area contributed by atoms with Gasteiger partial charge in [-0.15, -0.1) is 0 Å². The lowest BCUT2D eigenvalue weighted by Gasteiger charge is -2.18. The van der Waals surface area contributed by atoms with E-state index >= 15 is 0 Å². The summed E-state index contributed by atoms with van der Waals surface area (Å²) in [7, 11) is -1.35. The molecule has 0 radical (unpaired) electrons. The third-order valence-electron chi connectivity index (χ3n) is 6.61. The largest absolute Gasteiger partial charge is 0.456 e. The van der Waals surface area contributed by atoms with Crippen molar-refractivity contribution in [3.63, 3.8) is 0 Å². The molecule has 0 spiro atoms. The van der Waals surface area contributed by atoms with Crippen molar-refractivity contribution in [2.24, 2.45) is 0 Å². The Hall–Kier alpha value is -4.44. The summed E-state index contributed by atoms with van der Waals surface area (Å²) in [5.74, 6) is 1.14. The van der Waals surface area contributed by atoms with E-state index in [0.717, 1.165) is 22.0 Å². The normalized spacial score (nSPS) is 13.1. The number of carbonyl (C=O) groups excluding carboxylic acids is 1. The number of carbonyl (C=O) groups is 1. The maximum atomic E-state index is 13.3. The van der Waals surface area contributed by atoms with E-state index < -0.39 is 10.8 Å². The fourth-order valence-electron chi connectivity index (χ4n) is 4.36. The van der Waals surface area contributed by atoms with Crippen LogP contribution in [0.5, 0.6) is 11.5 Å². The smallest absolute Gasteiger partial charge is 0.228 e. The Morgan fingerprint density at radius 3 is 2.61 bits per heavy atom. The van der Waals surface area contributed by atoms with E-state index in [1.807, 2.05) is 67.2 Å². The van der Waals surface area contributed by atoms with Crippen molar-refractivity contribution >= 4 is 33.3 Å². The molecule has 5 rings (SSSR count). The van der Waals surface area contributed by atoms with Crippen LogP contribution in [0.3, 0.4) is 0 Å². The summed E-state index contributed by atoms with van der Waals surface area (Å²) in [6.07, 6.45) is 6.99. The number of rotatable bonds is 8. The molecule has 0 saturated carbocycles. The molecule has 1 amide bonds. The number of aromatic nitrogens is 5. The number of hydrogen-bond donors (Lipinski definition) is 1. The van der Waals surface area contributed by atoms with Gasteiger partial charge in [0.25, 0.3) is 0 Å². The molecule has 0 aliphatic carbocycles. The van der Waals surface area contributed by atoms with Gasteiger partial charge in [-0.3, -0.25) is 18.7 Å². The Labute approximate surface area is 241 Å². The SMILES string of the molecule is Cc1cc(CC(=O)Nc2cnn(C(C)(C)C)c2)ccc1Oc1ccnc2ccc(S(=O)C(C)c3cccnn3)cc12. The number of aryl methyl sites for hydroxylation is 1. The molecule has 0 bridgehead atoms. The average Bonchev–Trinajstić information content (AvgIpc) is 3.43. The van der Waals surface area contributed by atoms with Crippen molar-refractivity contribution in [2.45, 2.75) is 56.7 Å². The van der Waals surface area contributed by atoms with Gasteiger partial charge in [-0.25, -0.2) is 0 Å². The van der Waals surface area contributed by atoms with E-state index in [2.05, 4.69) is 46.4 Å². The van der Waals surface area contributed by atoms with Crippen LogP contribution in [-0.4, -0.2) is 35.1 Å². The first-order chi connectivity index (χ1) is 19.6. The lowest BCUT2D eigenvalue weighted by atomic mass is 10.1. The van der Waals surface area contributed by atoms with Crippen LogP contribution in [0.1, 0.15) is 49.8 Å². The molecule has 0 aliphatic rings. The number of fused-ring (bicyclic) bond motifs is 1.